The second-order valence-corrected chi connectivity index (χ2v) is 4.03. The summed E-state index contributed by atoms with van der Waals surface area (Å²) in [4.78, 5) is 10.5. The second-order valence-electron chi connectivity index (χ2n) is 4.03. The number of nitrogens with zero attached hydrogens (tertiary/aromatic N) is 1. The molecule has 0 amide bonds. The number of rotatable bonds is 2. The van der Waals surface area contributed by atoms with E-state index in [9.17, 15) is 19.6 Å². The van der Waals surface area contributed by atoms with Gasteiger partial charge >= 0.3 is 0 Å². The summed E-state index contributed by atoms with van der Waals surface area (Å²) in [5.41, 5.74) is 0.649. The van der Waals surface area contributed by atoms with Crippen LogP contribution >= 0.6 is 0 Å². The van der Waals surface area contributed by atoms with Crippen LogP contribution in [-0.4, -0.2) is 29.0 Å². The van der Waals surface area contributed by atoms with Gasteiger partial charge < -0.3 is 9.84 Å². The number of nitro groups is 1. The van der Waals surface area contributed by atoms with Gasteiger partial charge in [-0.2, -0.15) is 0 Å². The molecule has 3 atom stereocenters. The molecule has 0 spiro atoms. The number of aliphatic hydroxyl groups excluding tert-OH is 1. The van der Waals surface area contributed by atoms with Gasteiger partial charge in [-0.15, -0.1) is 0 Å². The van der Waals surface area contributed by atoms with E-state index in [1.807, 2.05) is 0 Å². The summed E-state index contributed by atoms with van der Waals surface area (Å²) in [6, 6.07) is 4.63. The van der Waals surface area contributed by atoms with Gasteiger partial charge in [-0.1, -0.05) is 12.1 Å². The molecule has 1 fully saturated rings. The average Bonchev–Trinajstić information content (AvgIpc) is 2.29. The highest BCUT2D eigenvalue weighted by Gasteiger charge is 2.39. The lowest BCUT2D eigenvalue weighted by molar-refractivity contribution is -0.538. The molecule has 17 heavy (non-hydrogen) atoms. The molecule has 0 saturated carbocycles. The Balaban J connectivity index is 2.25. The molecule has 0 aromatic heterocycles. The molecular formula is C11H12FNO4. The van der Waals surface area contributed by atoms with Crippen molar-refractivity contribution in [2.45, 2.75) is 24.7 Å². The highest BCUT2D eigenvalue weighted by atomic mass is 19.1. The Hall–Kier alpha value is -1.53. The third-order valence-corrected chi connectivity index (χ3v) is 2.95. The van der Waals surface area contributed by atoms with Crippen molar-refractivity contribution >= 4 is 0 Å². The molecule has 1 saturated heterocycles. The Bertz CT molecular complexity index is 408. The number of benzene rings is 1. The summed E-state index contributed by atoms with van der Waals surface area (Å²) >= 11 is 0. The molecule has 1 aliphatic heterocycles. The van der Waals surface area contributed by atoms with Crippen LogP contribution in [0.1, 0.15) is 17.9 Å². The summed E-state index contributed by atoms with van der Waals surface area (Å²) in [5, 5.41) is 20.3. The first-order chi connectivity index (χ1) is 8.08. The minimum absolute atomic E-state index is 0.129. The van der Waals surface area contributed by atoms with Crippen LogP contribution < -0.4 is 0 Å². The molecule has 1 aliphatic rings. The van der Waals surface area contributed by atoms with Crippen LogP contribution in [0.25, 0.3) is 0 Å². The molecular weight excluding hydrogens is 229 g/mol. The zero-order valence-electron chi connectivity index (χ0n) is 8.95. The van der Waals surface area contributed by atoms with Gasteiger partial charge in [0.25, 0.3) is 0 Å². The maximum absolute atomic E-state index is 12.8. The van der Waals surface area contributed by atoms with Crippen LogP contribution in [0, 0.1) is 15.9 Å². The lowest BCUT2D eigenvalue weighted by Crippen LogP contribution is -2.40. The molecule has 1 N–H and O–H groups in total. The maximum atomic E-state index is 12.8. The molecule has 1 aromatic carbocycles. The standard InChI is InChI=1S/C11H12FNO4/c12-8-3-1-7(2-4-8)9-5-11(14)17-6-10(9)13(15)16/h1-4,9-11,14H,5-6H2. The van der Waals surface area contributed by atoms with Gasteiger partial charge in [-0.05, 0) is 17.7 Å². The highest BCUT2D eigenvalue weighted by molar-refractivity contribution is 5.22. The van der Waals surface area contributed by atoms with E-state index in [1.54, 1.807) is 0 Å². The van der Waals surface area contributed by atoms with Crippen LogP contribution in [-0.2, 0) is 4.74 Å². The first kappa shape index (κ1) is 11.9. The Kier molecular flexibility index (Phi) is 3.35. The van der Waals surface area contributed by atoms with Crippen LogP contribution in [0.2, 0.25) is 0 Å². The summed E-state index contributed by atoms with van der Waals surface area (Å²) in [6.45, 7) is -0.129. The molecule has 6 heteroatoms. The number of hydrogen-bond acceptors (Lipinski definition) is 4. The zero-order chi connectivity index (χ0) is 12.4. The quantitative estimate of drug-likeness (QED) is 0.625. The van der Waals surface area contributed by atoms with Gasteiger partial charge in [-0.3, -0.25) is 10.1 Å². The molecule has 0 radical (unpaired) electrons. The first-order valence-corrected chi connectivity index (χ1v) is 5.26. The topological polar surface area (TPSA) is 72.6 Å². The summed E-state index contributed by atoms with van der Waals surface area (Å²) in [5.74, 6) is -0.839. The van der Waals surface area contributed by atoms with Gasteiger partial charge in [0.2, 0.25) is 6.04 Å². The van der Waals surface area contributed by atoms with Gasteiger partial charge in [0.05, 0.1) is 5.92 Å². The number of hydrogen-bond donors (Lipinski definition) is 1. The Morgan fingerprint density at radius 2 is 2.06 bits per heavy atom. The minimum Gasteiger partial charge on any atom is -0.368 e. The molecule has 92 valence electrons. The minimum atomic E-state index is -0.999. The summed E-state index contributed by atoms with van der Waals surface area (Å²) < 4.78 is 17.6. The van der Waals surface area contributed by atoms with Crippen LogP contribution in [0.4, 0.5) is 4.39 Å². The lowest BCUT2D eigenvalue weighted by Gasteiger charge is -2.29. The second kappa shape index (κ2) is 4.77. The highest BCUT2D eigenvalue weighted by Crippen LogP contribution is 2.31. The van der Waals surface area contributed by atoms with Crippen LogP contribution in [0.5, 0.6) is 0 Å². The van der Waals surface area contributed by atoms with Crippen LogP contribution in [0.3, 0.4) is 0 Å². The Morgan fingerprint density at radius 3 is 2.65 bits per heavy atom. The van der Waals surface area contributed by atoms with E-state index >= 15 is 0 Å². The van der Waals surface area contributed by atoms with E-state index in [-0.39, 0.29) is 18.8 Å². The number of ether oxygens (including phenoxy) is 1. The van der Waals surface area contributed by atoms with Crippen molar-refractivity contribution in [3.8, 4) is 0 Å². The molecule has 0 aliphatic carbocycles. The van der Waals surface area contributed by atoms with E-state index in [1.165, 1.54) is 24.3 Å². The van der Waals surface area contributed by atoms with E-state index in [0.717, 1.165) is 0 Å². The van der Waals surface area contributed by atoms with Crippen molar-refractivity contribution in [2.24, 2.45) is 0 Å². The largest absolute Gasteiger partial charge is 0.368 e. The third-order valence-electron chi connectivity index (χ3n) is 2.95. The van der Waals surface area contributed by atoms with Crippen molar-refractivity contribution in [1.82, 2.24) is 0 Å². The number of halogens is 1. The fourth-order valence-corrected chi connectivity index (χ4v) is 2.04. The molecule has 1 aromatic rings. The van der Waals surface area contributed by atoms with Crippen molar-refractivity contribution in [2.75, 3.05) is 6.61 Å². The lowest BCUT2D eigenvalue weighted by atomic mass is 9.87. The summed E-state index contributed by atoms with van der Waals surface area (Å²) in [7, 11) is 0. The molecule has 3 unspecified atom stereocenters. The van der Waals surface area contributed by atoms with Crippen molar-refractivity contribution in [3.05, 3.63) is 45.8 Å². The van der Waals surface area contributed by atoms with E-state index in [0.29, 0.717) is 5.56 Å². The predicted octanol–water partition coefficient (Wildman–Crippen LogP) is 1.29. The smallest absolute Gasteiger partial charge is 0.243 e. The van der Waals surface area contributed by atoms with Crippen molar-refractivity contribution in [3.63, 3.8) is 0 Å². The van der Waals surface area contributed by atoms with E-state index < -0.39 is 23.2 Å². The predicted molar refractivity (Wildman–Crippen MR) is 56.5 cm³/mol. The molecule has 1 heterocycles. The van der Waals surface area contributed by atoms with Gasteiger partial charge in [0.1, 0.15) is 12.4 Å². The van der Waals surface area contributed by atoms with Gasteiger partial charge in [0.15, 0.2) is 6.29 Å². The fraction of sp³-hybridized carbons (Fsp3) is 0.455. The monoisotopic (exact) mass is 241 g/mol. The fourth-order valence-electron chi connectivity index (χ4n) is 2.04. The van der Waals surface area contributed by atoms with Gasteiger partial charge in [-0.25, -0.2) is 4.39 Å². The van der Waals surface area contributed by atoms with Crippen molar-refractivity contribution < 1.29 is 19.2 Å². The first-order valence-electron chi connectivity index (χ1n) is 5.26. The molecule has 5 nitrogen and oxygen atoms in total. The van der Waals surface area contributed by atoms with Crippen LogP contribution in [0.15, 0.2) is 24.3 Å². The normalized spacial score (nSPS) is 28.9. The Morgan fingerprint density at radius 1 is 1.41 bits per heavy atom. The third kappa shape index (κ3) is 2.59. The maximum Gasteiger partial charge on any atom is 0.243 e. The Labute approximate surface area is 97.0 Å². The SMILES string of the molecule is O=[N+]([O-])C1COC(O)CC1c1ccc(F)cc1. The van der Waals surface area contributed by atoms with Gasteiger partial charge in [0, 0.05) is 11.3 Å². The average molecular weight is 241 g/mol. The molecule has 2 rings (SSSR count). The molecule has 0 bridgehead atoms. The zero-order valence-corrected chi connectivity index (χ0v) is 8.95. The van der Waals surface area contributed by atoms with Crippen molar-refractivity contribution in [1.29, 1.82) is 0 Å². The van der Waals surface area contributed by atoms with E-state index in [2.05, 4.69) is 0 Å². The summed E-state index contributed by atoms with van der Waals surface area (Å²) in [6.07, 6.45) is -0.849. The number of aliphatic hydroxyl groups is 1. The van der Waals surface area contributed by atoms with E-state index in [4.69, 9.17) is 4.74 Å².